The molecule has 2 aromatic carbocycles. The molecule has 160 valence electrons. The van der Waals surface area contributed by atoms with Crippen LogP contribution in [0.1, 0.15) is 65.0 Å². The molecule has 1 heterocycles. The van der Waals surface area contributed by atoms with E-state index in [-0.39, 0.29) is 24.3 Å². The van der Waals surface area contributed by atoms with E-state index in [1.54, 1.807) is 24.3 Å². The summed E-state index contributed by atoms with van der Waals surface area (Å²) in [5, 5.41) is 10.1. The van der Waals surface area contributed by atoms with Gasteiger partial charge >= 0.3 is 5.97 Å². The van der Waals surface area contributed by atoms with Crippen molar-refractivity contribution in [2.45, 2.75) is 39.5 Å². The van der Waals surface area contributed by atoms with Crippen LogP contribution in [0.5, 0.6) is 0 Å². The molecule has 1 N–H and O–H groups in total. The Hall–Kier alpha value is -3.21. The minimum absolute atomic E-state index is 0.188. The van der Waals surface area contributed by atoms with Crippen LogP contribution in [0.25, 0.3) is 0 Å². The van der Waals surface area contributed by atoms with Gasteiger partial charge in [-0.15, -0.1) is 0 Å². The Morgan fingerprint density at radius 3 is 2.19 bits per heavy atom. The molecule has 2 unspecified atom stereocenters. The number of carboxylic acids is 1. The first kappa shape index (κ1) is 21.0. The zero-order valence-corrected chi connectivity index (χ0v) is 18.1. The van der Waals surface area contributed by atoms with Gasteiger partial charge in [0, 0.05) is 5.92 Å². The molecule has 1 aliphatic carbocycles. The number of rotatable bonds is 4. The number of fused-ring (bicyclic) bond motifs is 2. The lowest BCUT2D eigenvalue weighted by Gasteiger charge is -2.35. The SMILES string of the molecule is CC(C)(C)C(C(=O)O)C1CC(CN2C(=O)c3ccccc3C2=O)=CCc2ccccc21. The first-order valence-corrected chi connectivity index (χ1v) is 10.6. The van der Waals surface area contributed by atoms with Crippen LogP contribution in [0.15, 0.2) is 60.2 Å². The predicted octanol–water partition coefficient (Wildman–Crippen LogP) is 4.69. The summed E-state index contributed by atoms with van der Waals surface area (Å²) in [6.45, 7) is 6.04. The molecule has 0 saturated carbocycles. The number of carboxylic acid groups (broad SMARTS) is 1. The van der Waals surface area contributed by atoms with Crippen molar-refractivity contribution >= 4 is 17.8 Å². The van der Waals surface area contributed by atoms with Crippen LogP contribution in [-0.2, 0) is 11.2 Å². The molecule has 0 spiro atoms. The van der Waals surface area contributed by atoms with Crippen molar-refractivity contribution < 1.29 is 19.5 Å². The van der Waals surface area contributed by atoms with Crippen molar-refractivity contribution in [3.8, 4) is 0 Å². The van der Waals surface area contributed by atoms with Gasteiger partial charge in [0.25, 0.3) is 11.8 Å². The highest BCUT2D eigenvalue weighted by atomic mass is 16.4. The van der Waals surface area contributed by atoms with E-state index >= 15 is 0 Å². The summed E-state index contributed by atoms with van der Waals surface area (Å²) in [4.78, 5) is 39.3. The number of imide groups is 1. The molecule has 0 radical (unpaired) electrons. The number of carbonyl (C=O) groups excluding carboxylic acids is 2. The predicted molar refractivity (Wildman–Crippen MR) is 118 cm³/mol. The van der Waals surface area contributed by atoms with E-state index < -0.39 is 17.3 Å². The van der Waals surface area contributed by atoms with Crippen molar-refractivity contribution in [1.29, 1.82) is 0 Å². The van der Waals surface area contributed by atoms with Gasteiger partial charge in [-0.3, -0.25) is 19.3 Å². The van der Waals surface area contributed by atoms with E-state index in [9.17, 15) is 19.5 Å². The van der Waals surface area contributed by atoms with Crippen LogP contribution in [-0.4, -0.2) is 34.3 Å². The second kappa shape index (κ2) is 7.80. The van der Waals surface area contributed by atoms with E-state index in [0.717, 1.165) is 16.7 Å². The van der Waals surface area contributed by atoms with Crippen LogP contribution in [0.2, 0.25) is 0 Å². The Labute approximate surface area is 182 Å². The molecule has 2 atom stereocenters. The van der Waals surface area contributed by atoms with Crippen molar-refractivity contribution in [2.75, 3.05) is 6.54 Å². The number of carbonyl (C=O) groups is 3. The second-order valence-electron chi connectivity index (χ2n) is 9.50. The van der Waals surface area contributed by atoms with Crippen LogP contribution < -0.4 is 0 Å². The largest absolute Gasteiger partial charge is 0.481 e. The molecule has 0 fully saturated rings. The number of allylic oxidation sites excluding steroid dienone is 1. The highest BCUT2D eigenvalue weighted by Gasteiger charge is 2.41. The Morgan fingerprint density at radius 1 is 1.03 bits per heavy atom. The van der Waals surface area contributed by atoms with Gasteiger partial charge in [-0.1, -0.05) is 68.8 Å². The quantitative estimate of drug-likeness (QED) is 0.579. The normalized spacial score (nSPS) is 19.4. The molecule has 2 aromatic rings. The number of amides is 2. The summed E-state index contributed by atoms with van der Waals surface area (Å²) in [5.74, 6) is -2.24. The first-order chi connectivity index (χ1) is 14.7. The van der Waals surface area contributed by atoms with Gasteiger partial charge in [-0.05, 0) is 41.5 Å². The third-order valence-electron chi connectivity index (χ3n) is 6.39. The van der Waals surface area contributed by atoms with Crippen LogP contribution in [0.4, 0.5) is 0 Å². The molecule has 0 bridgehead atoms. The molecule has 1 aliphatic heterocycles. The number of nitrogens with zero attached hydrogens (tertiary/aromatic N) is 1. The topological polar surface area (TPSA) is 74.7 Å². The van der Waals surface area contributed by atoms with E-state index in [1.807, 2.05) is 45.0 Å². The van der Waals surface area contributed by atoms with E-state index in [4.69, 9.17) is 0 Å². The van der Waals surface area contributed by atoms with Crippen molar-refractivity contribution in [2.24, 2.45) is 11.3 Å². The highest BCUT2D eigenvalue weighted by Crippen LogP contribution is 2.44. The summed E-state index contributed by atoms with van der Waals surface area (Å²) in [6, 6.07) is 14.8. The van der Waals surface area contributed by atoms with Gasteiger partial charge in [0.2, 0.25) is 0 Å². The third kappa shape index (κ3) is 3.80. The number of benzene rings is 2. The standard InChI is InChI=1S/C26H27NO4/c1-26(2,3)22(25(30)31)21-14-16(12-13-17-8-4-5-9-18(17)21)15-27-23(28)19-10-6-7-11-20(19)24(27)29/h4-12,21-22H,13-15H2,1-3H3,(H,30,31). The Bertz CT molecular complexity index is 1060. The van der Waals surface area contributed by atoms with Crippen LogP contribution in [0, 0.1) is 11.3 Å². The molecule has 31 heavy (non-hydrogen) atoms. The van der Waals surface area contributed by atoms with Gasteiger partial charge in [0.1, 0.15) is 0 Å². The summed E-state index contributed by atoms with van der Waals surface area (Å²) >= 11 is 0. The minimum Gasteiger partial charge on any atom is -0.481 e. The second-order valence-corrected chi connectivity index (χ2v) is 9.50. The molecule has 0 saturated heterocycles. The molecule has 0 aromatic heterocycles. The summed E-state index contributed by atoms with van der Waals surface area (Å²) in [7, 11) is 0. The van der Waals surface area contributed by atoms with E-state index in [1.165, 1.54) is 4.90 Å². The molecule has 4 rings (SSSR count). The lowest BCUT2D eigenvalue weighted by molar-refractivity contribution is -0.146. The Balaban J connectivity index is 1.68. The van der Waals surface area contributed by atoms with Gasteiger partial charge in [0.15, 0.2) is 0 Å². The fraction of sp³-hybridized carbons (Fsp3) is 0.346. The van der Waals surface area contributed by atoms with E-state index in [0.29, 0.717) is 24.0 Å². The molecule has 2 amide bonds. The fourth-order valence-electron chi connectivity index (χ4n) is 4.97. The van der Waals surface area contributed by atoms with Crippen LogP contribution >= 0.6 is 0 Å². The van der Waals surface area contributed by atoms with Crippen molar-refractivity contribution in [1.82, 2.24) is 4.90 Å². The number of hydrogen-bond acceptors (Lipinski definition) is 3. The lowest BCUT2D eigenvalue weighted by atomic mass is 9.68. The third-order valence-corrected chi connectivity index (χ3v) is 6.39. The maximum absolute atomic E-state index is 12.9. The maximum atomic E-state index is 12.9. The molecule has 5 heteroatoms. The van der Waals surface area contributed by atoms with Crippen molar-refractivity contribution in [3.05, 3.63) is 82.4 Å². The van der Waals surface area contributed by atoms with Crippen LogP contribution in [0.3, 0.4) is 0 Å². The monoisotopic (exact) mass is 417 g/mol. The fourth-order valence-corrected chi connectivity index (χ4v) is 4.97. The van der Waals surface area contributed by atoms with Gasteiger partial charge in [-0.25, -0.2) is 0 Å². The zero-order chi connectivity index (χ0) is 22.3. The zero-order valence-electron chi connectivity index (χ0n) is 18.1. The van der Waals surface area contributed by atoms with Gasteiger partial charge in [-0.2, -0.15) is 0 Å². The molecular weight excluding hydrogens is 390 g/mol. The lowest BCUT2D eigenvalue weighted by Crippen LogP contribution is -2.36. The maximum Gasteiger partial charge on any atom is 0.307 e. The summed E-state index contributed by atoms with van der Waals surface area (Å²) in [5.41, 5.74) is 3.47. The Kier molecular flexibility index (Phi) is 5.29. The van der Waals surface area contributed by atoms with Gasteiger partial charge < -0.3 is 5.11 Å². The average Bonchev–Trinajstić information content (AvgIpc) is 2.85. The average molecular weight is 418 g/mol. The first-order valence-electron chi connectivity index (χ1n) is 10.6. The number of aliphatic carboxylic acids is 1. The number of hydrogen-bond donors (Lipinski definition) is 1. The summed E-state index contributed by atoms with van der Waals surface area (Å²) < 4.78 is 0. The smallest absolute Gasteiger partial charge is 0.307 e. The van der Waals surface area contributed by atoms with Crippen molar-refractivity contribution in [3.63, 3.8) is 0 Å². The highest BCUT2D eigenvalue weighted by molar-refractivity contribution is 6.21. The summed E-state index contributed by atoms with van der Waals surface area (Å²) in [6.07, 6.45) is 3.21. The molecule has 2 aliphatic rings. The Morgan fingerprint density at radius 2 is 1.61 bits per heavy atom. The minimum atomic E-state index is -0.825. The van der Waals surface area contributed by atoms with Gasteiger partial charge in [0.05, 0.1) is 23.6 Å². The van der Waals surface area contributed by atoms with E-state index in [2.05, 4.69) is 6.08 Å². The molecular formula is C26H27NO4. The molecule has 5 nitrogen and oxygen atoms in total.